The Bertz CT molecular complexity index is 952. The van der Waals surface area contributed by atoms with Crippen molar-refractivity contribution in [2.45, 2.75) is 33.4 Å². The van der Waals surface area contributed by atoms with Gasteiger partial charge in [0.25, 0.3) is 5.91 Å². The van der Waals surface area contributed by atoms with Gasteiger partial charge >= 0.3 is 0 Å². The molecule has 0 aliphatic carbocycles. The van der Waals surface area contributed by atoms with Gasteiger partial charge in [-0.3, -0.25) is 9.89 Å². The predicted molar refractivity (Wildman–Crippen MR) is 101 cm³/mol. The minimum Gasteiger partial charge on any atom is -0.484 e. The maximum absolute atomic E-state index is 13.6. The molecule has 0 spiro atoms. The van der Waals surface area contributed by atoms with Crippen molar-refractivity contribution < 1.29 is 13.9 Å². The molecule has 0 fully saturated rings. The topological polar surface area (TPSA) is 67.0 Å². The molecule has 5 nitrogen and oxygen atoms in total. The van der Waals surface area contributed by atoms with E-state index in [2.05, 4.69) is 21.6 Å². The van der Waals surface area contributed by atoms with Gasteiger partial charge in [-0.25, -0.2) is 4.39 Å². The number of ether oxygens (including phenoxy) is 1. The summed E-state index contributed by atoms with van der Waals surface area (Å²) in [7, 11) is 0. The highest BCUT2D eigenvalue weighted by atomic mass is 19.1. The number of para-hydroxylation sites is 1. The first-order chi connectivity index (χ1) is 12.9. The molecule has 0 aliphatic heterocycles. The molecule has 3 rings (SSSR count). The first-order valence-corrected chi connectivity index (χ1v) is 8.73. The van der Waals surface area contributed by atoms with E-state index < -0.39 is 5.82 Å². The van der Waals surface area contributed by atoms with Crippen LogP contribution >= 0.6 is 0 Å². The highest BCUT2D eigenvalue weighted by molar-refractivity contribution is 5.92. The number of halogens is 1. The lowest BCUT2D eigenvalue weighted by molar-refractivity contribution is 0.0934. The van der Waals surface area contributed by atoms with Crippen LogP contribution in [0.15, 0.2) is 48.5 Å². The predicted octanol–water partition coefficient (Wildman–Crippen LogP) is 4.24. The van der Waals surface area contributed by atoms with E-state index in [1.165, 1.54) is 6.07 Å². The number of carbonyl (C=O) groups is 1. The SMILES string of the molecule is Cc1ccc(C)c(C(C)NC(=O)c2cc(COc3ccccc3F)[nH]n2)c1. The van der Waals surface area contributed by atoms with Gasteiger partial charge in [0, 0.05) is 0 Å². The van der Waals surface area contributed by atoms with Gasteiger partial charge in [0.05, 0.1) is 11.7 Å². The number of aryl methyl sites for hydroxylation is 2. The lowest BCUT2D eigenvalue weighted by atomic mass is 10.00. The third-order valence-electron chi connectivity index (χ3n) is 4.33. The molecule has 0 saturated carbocycles. The Morgan fingerprint density at radius 1 is 1.22 bits per heavy atom. The molecule has 1 aromatic heterocycles. The van der Waals surface area contributed by atoms with Crippen molar-refractivity contribution in [2.75, 3.05) is 0 Å². The van der Waals surface area contributed by atoms with Gasteiger partial charge in [-0.15, -0.1) is 0 Å². The molecule has 1 amide bonds. The number of aromatic nitrogens is 2. The first kappa shape index (κ1) is 18.6. The maximum atomic E-state index is 13.6. The Kier molecular flexibility index (Phi) is 5.54. The second-order valence-electron chi connectivity index (χ2n) is 6.55. The zero-order valence-corrected chi connectivity index (χ0v) is 15.5. The van der Waals surface area contributed by atoms with Crippen LogP contribution < -0.4 is 10.1 Å². The number of amides is 1. The van der Waals surface area contributed by atoms with Gasteiger partial charge in [-0.2, -0.15) is 5.10 Å². The van der Waals surface area contributed by atoms with E-state index in [-0.39, 0.29) is 30.0 Å². The third kappa shape index (κ3) is 4.53. The zero-order chi connectivity index (χ0) is 19.4. The summed E-state index contributed by atoms with van der Waals surface area (Å²) in [5.41, 5.74) is 4.18. The van der Waals surface area contributed by atoms with Crippen LogP contribution in [-0.4, -0.2) is 16.1 Å². The molecule has 0 aliphatic rings. The molecule has 0 saturated heterocycles. The van der Waals surface area contributed by atoms with Crippen LogP contribution in [0, 0.1) is 19.7 Å². The molecule has 2 N–H and O–H groups in total. The number of carbonyl (C=O) groups excluding carboxylic acids is 1. The van der Waals surface area contributed by atoms with Gasteiger partial charge in [-0.1, -0.05) is 35.9 Å². The van der Waals surface area contributed by atoms with Crippen molar-refractivity contribution in [3.8, 4) is 5.75 Å². The normalized spacial score (nSPS) is 11.9. The third-order valence-corrected chi connectivity index (χ3v) is 4.33. The van der Waals surface area contributed by atoms with Crippen LogP contribution in [0.1, 0.15) is 45.8 Å². The molecule has 6 heteroatoms. The summed E-state index contributed by atoms with van der Waals surface area (Å²) in [6.45, 7) is 6.07. The molecule has 0 radical (unpaired) electrons. The van der Waals surface area contributed by atoms with Gasteiger partial charge < -0.3 is 10.1 Å². The minimum atomic E-state index is -0.433. The Labute approximate surface area is 157 Å². The van der Waals surface area contributed by atoms with Gasteiger partial charge in [0.15, 0.2) is 11.6 Å². The molecule has 0 bridgehead atoms. The molecule has 1 heterocycles. The van der Waals surface area contributed by atoms with Crippen molar-refractivity contribution in [3.05, 3.63) is 82.4 Å². The largest absolute Gasteiger partial charge is 0.484 e. The van der Waals surface area contributed by atoms with Gasteiger partial charge in [0.2, 0.25) is 0 Å². The number of hydrogen-bond donors (Lipinski definition) is 2. The highest BCUT2D eigenvalue weighted by Gasteiger charge is 2.16. The van der Waals surface area contributed by atoms with E-state index in [1.807, 2.05) is 32.9 Å². The average Bonchev–Trinajstić information content (AvgIpc) is 3.12. The number of nitrogens with one attached hydrogen (secondary N) is 2. The number of aromatic amines is 1. The van der Waals surface area contributed by atoms with Crippen LogP contribution in [0.2, 0.25) is 0 Å². The van der Waals surface area contributed by atoms with Crippen LogP contribution in [0.25, 0.3) is 0 Å². The van der Waals surface area contributed by atoms with Gasteiger partial charge in [0.1, 0.15) is 12.3 Å². The Morgan fingerprint density at radius 2 is 2.00 bits per heavy atom. The first-order valence-electron chi connectivity index (χ1n) is 8.73. The van der Waals surface area contributed by atoms with Crippen molar-refractivity contribution >= 4 is 5.91 Å². The number of benzene rings is 2. The lowest BCUT2D eigenvalue weighted by Crippen LogP contribution is -2.27. The average molecular weight is 367 g/mol. The summed E-state index contributed by atoms with van der Waals surface area (Å²) >= 11 is 0. The molecule has 140 valence electrons. The van der Waals surface area contributed by atoms with Crippen LogP contribution in [0.5, 0.6) is 5.75 Å². The Morgan fingerprint density at radius 3 is 2.78 bits per heavy atom. The monoisotopic (exact) mass is 367 g/mol. The van der Waals surface area contributed by atoms with Crippen LogP contribution in [0.4, 0.5) is 4.39 Å². The Balaban J connectivity index is 1.63. The van der Waals surface area contributed by atoms with Crippen LogP contribution in [0.3, 0.4) is 0 Å². The minimum absolute atomic E-state index is 0.0910. The smallest absolute Gasteiger partial charge is 0.272 e. The summed E-state index contributed by atoms with van der Waals surface area (Å²) < 4.78 is 19.0. The van der Waals surface area contributed by atoms with E-state index in [0.29, 0.717) is 5.69 Å². The summed E-state index contributed by atoms with van der Waals surface area (Å²) in [4.78, 5) is 12.5. The van der Waals surface area contributed by atoms with E-state index in [4.69, 9.17) is 4.74 Å². The van der Waals surface area contributed by atoms with Crippen molar-refractivity contribution in [3.63, 3.8) is 0 Å². The van der Waals surface area contributed by atoms with Crippen molar-refractivity contribution in [1.29, 1.82) is 0 Å². The molecule has 1 unspecified atom stereocenters. The zero-order valence-electron chi connectivity index (χ0n) is 15.5. The molecule has 1 atom stereocenters. The lowest BCUT2D eigenvalue weighted by Gasteiger charge is -2.16. The van der Waals surface area contributed by atoms with Crippen LogP contribution in [-0.2, 0) is 6.61 Å². The molecular formula is C21H22FN3O2. The standard InChI is InChI=1S/C21H22FN3O2/c1-13-8-9-14(2)17(10-13)15(3)23-21(26)19-11-16(24-25-19)12-27-20-7-5-4-6-18(20)22/h4-11,15H,12H2,1-3H3,(H,23,26)(H,24,25). The van der Waals surface area contributed by atoms with Crippen molar-refractivity contribution in [2.24, 2.45) is 0 Å². The van der Waals surface area contributed by atoms with E-state index >= 15 is 0 Å². The number of hydrogen-bond acceptors (Lipinski definition) is 3. The molecule has 3 aromatic rings. The fourth-order valence-electron chi connectivity index (χ4n) is 2.84. The molecule has 2 aromatic carbocycles. The molecule has 27 heavy (non-hydrogen) atoms. The van der Waals surface area contributed by atoms with E-state index in [0.717, 1.165) is 16.7 Å². The summed E-state index contributed by atoms with van der Waals surface area (Å²) in [5, 5.41) is 9.73. The summed E-state index contributed by atoms with van der Waals surface area (Å²) in [6, 6.07) is 13.8. The quantitative estimate of drug-likeness (QED) is 0.685. The van der Waals surface area contributed by atoms with Crippen molar-refractivity contribution in [1.82, 2.24) is 15.5 Å². The number of nitrogens with zero attached hydrogens (tertiary/aromatic N) is 1. The second kappa shape index (κ2) is 8.03. The second-order valence-corrected chi connectivity index (χ2v) is 6.55. The highest BCUT2D eigenvalue weighted by Crippen LogP contribution is 2.20. The summed E-state index contributed by atoms with van der Waals surface area (Å²) in [6.07, 6.45) is 0. The maximum Gasteiger partial charge on any atom is 0.272 e. The number of H-pyrrole nitrogens is 1. The fourth-order valence-corrected chi connectivity index (χ4v) is 2.84. The van der Waals surface area contributed by atoms with E-state index in [1.54, 1.807) is 24.3 Å². The fraction of sp³-hybridized carbons (Fsp3) is 0.238. The number of rotatable bonds is 6. The Hall–Kier alpha value is -3.15. The molecular weight excluding hydrogens is 345 g/mol. The van der Waals surface area contributed by atoms with E-state index in [9.17, 15) is 9.18 Å². The van der Waals surface area contributed by atoms with Gasteiger partial charge in [-0.05, 0) is 50.1 Å². The summed E-state index contributed by atoms with van der Waals surface area (Å²) in [5.74, 6) is -0.559.